The summed E-state index contributed by atoms with van der Waals surface area (Å²) in [5.41, 5.74) is 3.61. The highest BCUT2D eigenvalue weighted by Gasteiger charge is 2.21. The molecule has 0 radical (unpaired) electrons. The van der Waals surface area contributed by atoms with Crippen LogP contribution in [0.4, 0.5) is 9.59 Å². The Labute approximate surface area is 102 Å². The van der Waals surface area contributed by atoms with Gasteiger partial charge in [0.15, 0.2) is 6.17 Å². The largest absolute Gasteiger partial charge is 0.375 e. The van der Waals surface area contributed by atoms with Gasteiger partial charge in [0.1, 0.15) is 0 Å². The highest BCUT2D eigenvalue weighted by molar-refractivity contribution is 5.73. The summed E-state index contributed by atoms with van der Waals surface area (Å²) < 4.78 is 0. The molecule has 1 aliphatic heterocycles. The van der Waals surface area contributed by atoms with Crippen LogP contribution < -0.4 is 27.9 Å². The quantitative estimate of drug-likeness (QED) is 0.169. The van der Waals surface area contributed by atoms with E-state index in [2.05, 4.69) is 25.9 Å². The summed E-state index contributed by atoms with van der Waals surface area (Å²) in [4.78, 5) is 21.6. The van der Waals surface area contributed by atoms with Crippen molar-refractivity contribution in [3.63, 3.8) is 0 Å². The van der Waals surface area contributed by atoms with E-state index < -0.39 is 18.2 Å². The second-order valence-electron chi connectivity index (χ2n) is 3.15. The lowest BCUT2D eigenvalue weighted by molar-refractivity contribution is 0.153. The number of piperazine rings is 1. The van der Waals surface area contributed by atoms with Gasteiger partial charge in [0.05, 0.1) is 6.54 Å². The third-order valence-electron chi connectivity index (χ3n) is 1.97. The maximum Gasteiger partial charge on any atom is 0.375 e. The summed E-state index contributed by atoms with van der Waals surface area (Å²) in [6.45, 7) is 1.50. The number of carbonyl (C=O) groups is 2. The van der Waals surface area contributed by atoms with Crippen molar-refractivity contribution in [1.82, 2.24) is 21.2 Å². The van der Waals surface area contributed by atoms with Gasteiger partial charge in [-0.25, -0.2) is 26.3 Å². The summed E-state index contributed by atoms with van der Waals surface area (Å²) >= 11 is 0. The molecular formula is C6H14N10O2. The maximum atomic E-state index is 10.8. The van der Waals surface area contributed by atoms with Crippen LogP contribution in [0.15, 0.2) is 20.6 Å². The van der Waals surface area contributed by atoms with E-state index in [1.54, 1.807) is 10.9 Å². The number of carbonyl (C=O) groups excluding carboxylic acids is 2. The predicted octanol–water partition coefficient (Wildman–Crippen LogP) is -1.80. The Morgan fingerprint density at radius 1 is 1.22 bits per heavy atom. The number of azo groups is 1. The van der Waals surface area contributed by atoms with Gasteiger partial charge in [0, 0.05) is 13.1 Å². The Morgan fingerprint density at radius 3 is 2.56 bits per heavy atom. The second kappa shape index (κ2) is 7.21. The Balaban J connectivity index is 2.62. The van der Waals surface area contributed by atoms with Gasteiger partial charge >= 0.3 is 12.1 Å². The van der Waals surface area contributed by atoms with Crippen molar-refractivity contribution in [1.29, 1.82) is 0 Å². The first kappa shape index (κ1) is 13.9. The van der Waals surface area contributed by atoms with Crippen LogP contribution in [0.1, 0.15) is 0 Å². The van der Waals surface area contributed by atoms with Gasteiger partial charge in [-0.3, -0.25) is 10.9 Å². The molecule has 4 amide bonds. The molecule has 1 atom stereocenters. The Morgan fingerprint density at radius 2 is 1.89 bits per heavy atom. The zero-order chi connectivity index (χ0) is 13.4. The normalized spacial score (nSPS) is 20.3. The van der Waals surface area contributed by atoms with Crippen LogP contribution in [0.2, 0.25) is 0 Å². The average Bonchev–Trinajstić information content (AvgIpc) is 2.42. The number of hydrazine groups is 2. The van der Waals surface area contributed by atoms with Crippen molar-refractivity contribution in [3.8, 4) is 0 Å². The Kier molecular flexibility index (Phi) is 5.56. The Bertz CT molecular complexity index is 320. The first-order valence-electron chi connectivity index (χ1n) is 4.98. The molecule has 0 aliphatic carbocycles. The topological polar surface area (TPSA) is 175 Å². The molecule has 1 fully saturated rings. The molecule has 0 spiro atoms. The molecule has 0 bridgehead atoms. The number of nitrogens with two attached hydrogens (primary N) is 2. The fourth-order valence-corrected chi connectivity index (χ4v) is 1.16. The van der Waals surface area contributed by atoms with E-state index in [0.717, 1.165) is 0 Å². The van der Waals surface area contributed by atoms with E-state index in [1.807, 2.05) is 0 Å². The van der Waals surface area contributed by atoms with Crippen LogP contribution in [0.5, 0.6) is 0 Å². The zero-order valence-corrected chi connectivity index (χ0v) is 9.41. The first-order valence-corrected chi connectivity index (χ1v) is 4.98. The number of nitrogens with one attached hydrogen (secondary N) is 3. The number of rotatable bonds is 2. The van der Waals surface area contributed by atoms with Crippen LogP contribution in [0.3, 0.4) is 0 Å². The van der Waals surface area contributed by atoms with Crippen LogP contribution in [-0.2, 0) is 0 Å². The molecule has 18 heavy (non-hydrogen) atoms. The maximum absolute atomic E-state index is 10.8. The van der Waals surface area contributed by atoms with Gasteiger partial charge in [-0.1, -0.05) is 15.5 Å². The predicted molar refractivity (Wildman–Crippen MR) is 58.5 cm³/mol. The third-order valence-corrected chi connectivity index (χ3v) is 1.97. The van der Waals surface area contributed by atoms with Gasteiger partial charge in [0.25, 0.3) is 0 Å². The van der Waals surface area contributed by atoms with Crippen molar-refractivity contribution in [2.24, 2.45) is 32.3 Å². The minimum absolute atomic E-state index is 0.407. The summed E-state index contributed by atoms with van der Waals surface area (Å²) in [6.07, 6.45) is -0.551. The zero-order valence-electron chi connectivity index (χ0n) is 9.41. The molecular weight excluding hydrogens is 244 g/mol. The average molecular weight is 258 g/mol. The highest BCUT2D eigenvalue weighted by Crippen LogP contribution is 2.06. The first-order chi connectivity index (χ1) is 8.67. The van der Waals surface area contributed by atoms with E-state index >= 15 is 0 Å². The van der Waals surface area contributed by atoms with Crippen molar-refractivity contribution >= 4 is 12.1 Å². The lowest BCUT2D eigenvalue weighted by Gasteiger charge is -2.28. The molecule has 12 nitrogen and oxygen atoms in total. The number of amides is 4. The fourth-order valence-electron chi connectivity index (χ4n) is 1.16. The van der Waals surface area contributed by atoms with Gasteiger partial charge in [-0.05, 0) is 0 Å². The molecule has 1 unspecified atom stereocenters. The molecule has 12 heteroatoms. The van der Waals surface area contributed by atoms with E-state index in [4.69, 9.17) is 11.7 Å². The summed E-state index contributed by atoms with van der Waals surface area (Å²) in [5.74, 6) is 9.69. The van der Waals surface area contributed by atoms with Gasteiger partial charge in [0.2, 0.25) is 0 Å². The number of hydrogen-bond acceptors (Lipinski definition) is 7. The van der Waals surface area contributed by atoms with Crippen molar-refractivity contribution in [2.45, 2.75) is 6.17 Å². The van der Waals surface area contributed by atoms with Gasteiger partial charge < -0.3 is 5.32 Å². The number of hydrogen-bond donors (Lipinski definition) is 5. The van der Waals surface area contributed by atoms with Crippen LogP contribution in [0.25, 0.3) is 0 Å². The standard InChI is InChI=1S/C6H14N10O2/c7-10-5(17)13-12-4-3-9-1-2-16(4)15-14-6(18)11-8/h4,9H,1-3,7-8H2,(H,10,17)(H,11,18). The lowest BCUT2D eigenvalue weighted by Crippen LogP contribution is -2.47. The monoisotopic (exact) mass is 258 g/mol. The Hall–Kier alpha value is -2.18. The van der Waals surface area contributed by atoms with E-state index in [-0.39, 0.29) is 0 Å². The molecule has 0 aromatic rings. The minimum Gasteiger partial charge on any atom is -0.311 e. The highest BCUT2D eigenvalue weighted by atomic mass is 16.2. The molecule has 1 saturated heterocycles. The SMILES string of the molecule is NNC(=O)N=NC1CNCCN1N=NC(=O)NN. The minimum atomic E-state index is -0.788. The van der Waals surface area contributed by atoms with Crippen molar-refractivity contribution < 1.29 is 9.59 Å². The van der Waals surface area contributed by atoms with Crippen molar-refractivity contribution in [2.75, 3.05) is 19.6 Å². The van der Waals surface area contributed by atoms with Crippen LogP contribution in [-0.4, -0.2) is 42.9 Å². The third kappa shape index (κ3) is 4.36. The van der Waals surface area contributed by atoms with Crippen LogP contribution in [0, 0.1) is 0 Å². The summed E-state index contributed by atoms with van der Waals surface area (Å²) in [6, 6.07) is -1.57. The van der Waals surface area contributed by atoms with Gasteiger partial charge in [-0.15, -0.1) is 0 Å². The van der Waals surface area contributed by atoms with Crippen LogP contribution >= 0.6 is 0 Å². The second-order valence-corrected chi connectivity index (χ2v) is 3.15. The molecule has 7 N–H and O–H groups in total. The molecule has 0 aromatic heterocycles. The van der Waals surface area contributed by atoms with E-state index in [0.29, 0.717) is 19.6 Å². The summed E-state index contributed by atoms with van der Waals surface area (Å²) in [7, 11) is 0. The lowest BCUT2D eigenvalue weighted by atomic mass is 10.4. The number of nitrogens with zero attached hydrogens (tertiary/aromatic N) is 5. The van der Waals surface area contributed by atoms with Gasteiger partial charge in [-0.2, -0.15) is 5.11 Å². The molecule has 1 aliphatic rings. The summed E-state index contributed by atoms with van der Waals surface area (Å²) in [5, 5.41) is 18.4. The molecule has 1 heterocycles. The molecule has 1 rings (SSSR count). The van der Waals surface area contributed by atoms with Crippen molar-refractivity contribution in [3.05, 3.63) is 0 Å². The van der Waals surface area contributed by atoms with E-state index in [9.17, 15) is 9.59 Å². The smallest absolute Gasteiger partial charge is 0.311 e. The molecule has 0 saturated carbocycles. The molecule has 0 aromatic carbocycles. The number of urea groups is 2. The van der Waals surface area contributed by atoms with E-state index in [1.165, 1.54) is 5.01 Å². The fraction of sp³-hybridized carbons (Fsp3) is 0.667. The molecule has 100 valence electrons.